The van der Waals surface area contributed by atoms with Crippen LogP contribution in [0.3, 0.4) is 0 Å². The fraction of sp³-hybridized carbons (Fsp3) is 0.321. The van der Waals surface area contributed by atoms with Crippen LogP contribution in [0.25, 0.3) is 5.65 Å². The van der Waals surface area contributed by atoms with E-state index >= 15 is 0 Å². The molecule has 12 heteroatoms. The minimum atomic E-state index is -4.69. The molecule has 4 aromatic rings. The van der Waals surface area contributed by atoms with Crippen molar-refractivity contribution >= 4 is 34.5 Å². The molecule has 2 aliphatic rings. The Morgan fingerprint density at radius 1 is 1.02 bits per heavy atom. The maximum Gasteiger partial charge on any atom is 0.573 e. The second kappa shape index (κ2) is 9.88. The van der Waals surface area contributed by atoms with Gasteiger partial charge < -0.3 is 19.9 Å². The molecule has 40 heavy (non-hydrogen) atoms. The number of alkyl halides is 3. The predicted octanol–water partition coefficient (Wildman–Crippen LogP) is 5.10. The van der Waals surface area contributed by atoms with E-state index in [0.717, 1.165) is 43.1 Å². The first-order chi connectivity index (χ1) is 19.1. The molecule has 0 radical (unpaired) electrons. The van der Waals surface area contributed by atoms with Gasteiger partial charge in [0.1, 0.15) is 16.6 Å². The second-order valence-electron chi connectivity index (χ2n) is 10.3. The number of fused-ring (bicyclic) bond motifs is 1. The first kappa shape index (κ1) is 26.2. The number of aryl methyl sites for hydroxylation is 1. The van der Waals surface area contributed by atoms with E-state index in [1.165, 1.54) is 12.1 Å². The fourth-order valence-corrected chi connectivity index (χ4v) is 5.65. The maximum atomic E-state index is 13.0. The quantitative estimate of drug-likeness (QED) is 0.333. The largest absolute Gasteiger partial charge is 0.573 e. The van der Waals surface area contributed by atoms with Gasteiger partial charge in [0.15, 0.2) is 5.65 Å². The van der Waals surface area contributed by atoms with Gasteiger partial charge in [-0.3, -0.25) is 9.20 Å². The van der Waals surface area contributed by atoms with E-state index in [1.807, 2.05) is 19.1 Å². The normalized spacial score (nSPS) is 16.1. The summed E-state index contributed by atoms with van der Waals surface area (Å²) in [6.07, 6.45) is -0.940. The Hall–Kier alpha value is -3.99. The number of benzene rings is 2. The van der Waals surface area contributed by atoms with Crippen molar-refractivity contribution in [3.63, 3.8) is 0 Å². The Kier molecular flexibility index (Phi) is 6.48. The van der Waals surface area contributed by atoms with Gasteiger partial charge in [-0.05, 0) is 48.4 Å². The van der Waals surface area contributed by atoms with Crippen molar-refractivity contribution in [1.29, 1.82) is 0 Å². The molecule has 0 saturated carbocycles. The van der Waals surface area contributed by atoms with Crippen LogP contribution < -0.4 is 19.9 Å². The topological polar surface area (TPSA) is 75.0 Å². The molecule has 6 rings (SSSR count). The molecule has 2 aliphatic heterocycles. The number of nitrogens with one attached hydrogen (secondary N) is 1. The smallest absolute Gasteiger partial charge is 0.406 e. The van der Waals surface area contributed by atoms with Gasteiger partial charge in [-0.15, -0.1) is 13.2 Å². The zero-order valence-corrected chi connectivity index (χ0v) is 22.3. The summed E-state index contributed by atoms with van der Waals surface area (Å²) in [5.41, 5.74) is 4.90. The summed E-state index contributed by atoms with van der Waals surface area (Å²) in [4.78, 5) is 26.0. The van der Waals surface area contributed by atoms with Gasteiger partial charge in [0.25, 0.3) is 5.91 Å². The second-order valence-corrected chi connectivity index (χ2v) is 10.7. The molecule has 1 spiro atoms. The standard InChI is InChI=1S/C28H26ClF3N6O2/c1-2-22-25(38-13-23(29)33-12-24(38)35-22)26(39)34-11-18-3-5-19(6-4-18)36-14-27(15-36)16-37(17-27)20-7-9-21(10-8-20)40-28(30,31)32/h3-10,12-13H,2,11,14-17H2,1H3,(H,34,39). The number of halogens is 4. The number of carbonyl (C=O) groups excluding carboxylic acids is 1. The summed E-state index contributed by atoms with van der Waals surface area (Å²) in [7, 11) is 0. The van der Waals surface area contributed by atoms with Crippen LogP contribution in [0.4, 0.5) is 24.5 Å². The number of nitrogens with zero attached hydrogens (tertiary/aromatic N) is 5. The molecule has 8 nitrogen and oxygen atoms in total. The number of rotatable bonds is 7. The number of carbonyl (C=O) groups is 1. The van der Waals surface area contributed by atoms with E-state index in [0.29, 0.717) is 30.0 Å². The monoisotopic (exact) mass is 570 g/mol. The highest BCUT2D eigenvalue weighted by molar-refractivity contribution is 6.29. The number of hydrogen-bond donors (Lipinski definition) is 1. The summed E-state index contributed by atoms with van der Waals surface area (Å²) in [6, 6.07) is 14.1. The molecule has 0 aliphatic carbocycles. The van der Waals surface area contributed by atoms with Crippen LogP contribution in [0.1, 0.15) is 28.7 Å². The van der Waals surface area contributed by atoms with Gasteiger partial charge in [0.2, 0.25) is 0 Å². The molecular formula is C28H26ClF3N6O2. The third kappa shape index (κ3) is 5.13. The SMILES string of the molecule is CCc1nc2cnc(Cl)cn2c1C(=O)NCc1ccc(N2CC3(C2)CN(c2ccc(OC(F)(F)F)cc2)C3)cc1. The number of aromatic nitrogens is 3. The molecule has 1 N–H and O–H groups in total. The molecule has 1 amide bonds. The van der Waals surface area contributed by atoms with E-state index in [2.05, 4.69) is 42.0 Å². The van der Waals surface area contributed by atoms with Gasteiger partial charge in [-0.25, -0.2) is 9.97 Å². The summed E-state index contributed by atoms with van der Waals surface area (Å²) in [6.45, 7) is 5.87. The number of ether oxygens (including phenoxy) is 1. The highest BCUT2D eigenvalue weighted by Gasteiger charge is 2.51. The van der Waals surface area contributed by atoms with Crippen molar-refractivity contribution < 1.29 is 22.7 Å². The summed E-state index contributed by atoms with van der Waals surface area (Å²) in [5, 5.41) is 3.27. The molecule has 2 aromatic heterocycles. The van der Waals surface area contributed by atoms with Crippen LogP contribution in [0.5, 0.6) is 5.75 Å². The Balaban J connectivity index is 1.01. The van der Waals surface area contributed by atoms with Crippen LogP contribution in [0.2, 0.25) is 5.15 Å². The number of anilines is 2. The minimum Gasteiger partial charge on any atom is -0.406 e. The number of imidazole rings is 1. The van der Waals surface area contributed by atoms with E-state index < -0.39 is 6.36 Å². The average molecular weight is 571 g/mol. The van der Waals surface area contributed by atoms with E-state index in [4.69, 9.17) is 11.6 Å². The van der Waals surface area contributed by atoms with E-state index in [9.17, 15) is 18.0 Å². The average Bonchev–Trinajstić information content (AvgIpc) is 3.24. The summed E-state index contributed by atoms with van der Waals surface area (Å²) >= 11 is 6.03. The molecule has 0 unspecified atom stereocenters. The number of amides is 1. The third-order valence-electron chi connectivity index (χ3n) is 7.39. The van der Waals surface area contributed by atoms with Crippen molar-refractivity contribution in [2.24, 2.45) is 5.41 Å². The summed E-state index contributed by atoms with van der Waals surface area (Å²) < 4.78 is 42.7. The molecule has 0 bridgehead atoms. The van der Waals surface area contributed by atoms with Crippen LogP contribution in [0, 0.1) is 5.41 Å². The molecule has 208 valence electrons. The Bertz CT molecular complexity index is 1540. The van der Waals surface area contributed by atoms with Crippen molar-refractivity contribution in [3.8, 4) is 5.75 Å². The lowest BCUT2D eigenvalue weighted by Crippen LogP contribution is -2.72. The molecule has 2 aromatic carbocycles. The van der Waals surface area contributed by atoms with Crippen LogP contribution >= 0.6 is 11.6 Å². The lowest BCUT2D eigenvalue weighted by molar-refractivity contribution is -0.274. The predicted molar refractivity (Wildman–Crippen MR) is 145 cm³/mol. The molecule has 2 fully saturated rings. The molecular weight excluding hydrogens is 545 g/mol. The van der Waals surface area contributed by atoms with Gasteiger partial charge >= 0.3 is 6.36 Å². The van der Waals surface area contributed by atoms with Gasteiger partial charge in [0.05, 0.1) is 11.9 Å². The first-order valence-corrected chi connectivity index (χ1v) is 13.2. The van der Waals surface area contributed by atoms with Crippen LogP contribution in [0.15, 0.2) is 60.9 Å². The van der Waals surface area contributed by atoms with Crippen LogP contribution in [-0.4, -0.2) is 52.8 Å². The lowest BCUT2D eigenvalue weighted by Gasteiger charge is -2.61. The van der Waals surface area contributed by atoms with E-state index in [1.54, 1.807) is 28.9 Å². The Morgan fingerprint density at radius 3 is 2.20 bits per heavy atom. The first-order valence-electron chi connectivity index (χ1n) is 12.9. The Labute approximate surface area is 233 Å². The fourth-order valence-electron chi connectivity index (χ4n) is 5.51. The molecule has 2 saturated heterocycles. The van der Waals surface area contributed by atoms with Crippen molar-refractivity contribution in [3.05, 3.63) is 83.0 Å². The van der Waals surface area contributed by atoms with Gasteiger partial charge in [-0.2, -0.15) is 0 Å². The van der Waals surface area contributed by atoms with Gasteiger partial charge in [-0.1, -0.05) is 30.7 Å². The minimum absolute atomic E-state index is 0.192. The van der Waals surface area contributed by atoms with Crippen molar-refractivity contribution in [2.45, 2.75) is 26.3 Å². The highest BCUT2D eigenvalue weighted by atomic mass is 35.5. The Morgan fingerprint density at radius 2 is 1.62 bits per heavy atom. The maximum absolute atomic E-state index is 13.0. The number of hydrogen-bond acceptors (Lipinski definition) is 6. The van der Waals surface area contributed by atoms with Crippen molar-refractivity contribution in [1.82, 2.24) is 19.7 Å². The molecule has 4 heterocycles. The zero-order valence-electron chi connectivity index (χ0n) is 21.6. The van der Waals surface area contributed by atoms with Gasteiger partial charge in [0, 0.05) is 55.7 Å². The zero-order chi connectivity index (χ0) is 28.1. The molecule has 0 atom stereocenters. The van der Waals surface area contributed by atoms with E-state index in [-0.39, 0.29) is 22.2 Å². The summed E-state index contributed by atoms with van der Waals surface area (Å²) in [5.74, 6) is -0.440. The lowest BCUT2D eigenvalue weighted by atomic mass is 9.72. The van der Waals surface area contributed by atoms with Crippen molar-refractivity contribution in [2.75, 3.05) is 36.0 Å². The van der Waals surface area contributed by atoms with Crippen LogP contribution in [-0.2, 0) is 13.0 Å². The third-order valence-corrected chi connectivity index (χ3v) is 7.59. The highest BCUT2D eigenvalue weighted by Crippen LogP contribution is 2.44.